The molecule has 0 heterocycles. The number of hydrogen-bond acceptors (Lipinski definition) is 0. The van der Waals surface area contributed by atoms with Crippen LogP contribution < -0.4 is 0 Å². The Morgan fingerprint density at radius 3 is 2.15 bits per heavy atom. The maximum atomic E-state index is 2.31. The molecule has 2 aromatic rings. The number of unbranched alkanes of at least 4 members (excludes halogenated alkanes) is 1. The Bertz CT molecular complexity index is 544. The van der Waals surface area contributed by atoms with E-state index in [1.807, 2.05) is 0 Å². The summed E-state index contributed by atoms with van der Waals surface area (Å²) in [6.07, 6.45) is 3.67. The topological polar surface area (TPSA) is 0 Å². The fraction of sp³-hybridized carbons (Fsp3) is 0.400. The molecule has 0 aliphatic rings. The summed E-state index contributed by atoms with van der Waals surface area (Å²) in [7, 11) is 0. The van der Waals surface area contributed by atoms with E-state index >= 15 is 0 Å². The van der Waals surface area contributed by atoms with Gasteiger partial charge in [0, 0.05) is 0 Å². The molecule has 2 aromatic carbocycles. The molecule has 0 saturated heterocycles. The van der Waals surface area contributed by atoms with Gasteiger partial charge in [0.25, 0.3) is 0 Å². The Labute approximate surface area is 123 Å². The predicted molar refractivity (Wildman–Crippen MR) is 89.2 cm³/mol. The smallest absolute Gasteiger partial charge is 0.0129 e. The summed E-state index contributed by atoms with van der Waals surface area (Å²) in [5, 5.41) is 0. The highest BCUT2D eigenvalue weighted by atomic mass is 14.2. The molecule has 0 atom stereocenters. The molecule has 0 bridgehead atoms. The van der Waals surface area contributed by atoms with Crippen molar-refractivity contribution in [3.8, 4) is 11.1 Å². The molecule has 0 heteroatoms. The van der Waals surface area contributed by atoms with Crippen molar-refractivity contribution in [2.24, 2.45) is 0 Å². The Balaban J connectivity index is 2.56. The van der Waals surface area contributed by atoms with Crippen LogP contribution in [0, 0.1) is 0 Å². The molecule has 0 aliphatic heterocycles. The van der Waals surface area contributed by atoms with Crippen LogP contribution in [0.25, 0.3) is 11.1 Å². The zero-order valence-corrected chi connectivity index (χ0v) is 13.2. The van der Waals surface area contributed by atoms with E-state index < -0.39 is 0 Å². The highest BCUT2D eigenvalue weighted by molar-refractivity contribution is 5.69. The average molecular weight is 266 g/mol. The van der Waals surface area contributed by atoms with E-state index in [0.29, 0.717) is 0 Å². The van der Waals surface area contributed by atoms with Gasteiger partial charge in [-0.3, -0.25) is 0 Å². The first kappa shape index (κ1) is 14.8. The minimum absolute atomic E-state index is 0.202. The van der Waals surface area contributed by atoms with Crippen LogP contribution in [0.2, 0.25) is 0 Å². The summed E-state index contributed by atoms with van der Waals surface area (Å²) in [5.41, 5.74) is 5.98. The largest absolute Gasteiger partial charge is 0.0654 e. The molecule has 0 radical (unpaired) electrons. The van der Waals surface area contributed by atoms with Crippen LogP contribution in [-0.2, 0) is 11.8 Å². The summed E-state index contributed by atoms with van der Waals surface area (Å²) in [6, 6.07) is 17.6. The first-order valence-electron chi connectivity index (χ1n) is 7.72. The highest BCUT2D eigenvalue weighted by Crippen LogP contribution is 2.34. The average Bonchev–Trinajstić information content (AvgIpc) is 2.44. The van der Waals surface area contributed by atoms with Gasteiger partial charge in [-0.2, -0.15) is 0 Å². The zero-order chi connectivity index (χ0) is 14.6. The van der Waals surface area contributed by atoms with Crippen LogP contribution in [0.3, 0.4) is 0 Å². The SMILES string of the molecule is CCCCc1c(-c2ccccc2)cccc1C(C)(C)C. The third-order valence-corrected chi connectivity index (χ3v) is 3.85. The fourth-order valence-corrected chi connectivity index (χ4v) is 2.80. The van der Waals surface area contributed by atoms with Gasteiger partial charge in [-0.05, 0) is 40.5 Å². The van der Waals surface area contributed by atoms with Gasteiger partial charge in [0.05, 0.1) is 0 Å². The lowest BCUT2D eigenvalue weighted by atomic mass is 9.79. The molecule has 106 valence electrons. The lowest BCUT2D eigenvalue weighted by Gasteiger charge is -2.25. The normalized spacial score (nSPS) is 11.6. The summed E-state index contributed by atoms with van der Waals surface area (Å²) >= 11 is 0. The van der Waals surface area contributed by atoms with Crippen LogP contribution >= 0.6 is 0 Å². The molecule has 0 amide bonds. The Morgan fingerprint density at radius 2 is 1.55 bits per heavy atom. The number of benzene rings is 2. The molecule has 0 nitrogen and oxygen atoms in total. The highest BCUT2D eigenvalue weighted by Gasteiger charge is 2.19. The van der Waals surface area contributed by atoms with Gasteiger partial charge in [0.1, 0.15) is 0 Å². The standard InChI is InChI=1S/C20H26/c1-5-6-13-18-17(16-11-8-7-9-12-16)14-10-15-19(18)20(2,3)4/h7-12,14-15H,5-6,13H2,1-4H3. The van der Waals surface area contributed by atoms with Crippen molar-refractivity contribution < 1.29 is 0 Å². The molecular formula is C20H26. The summed E-state index contributed by atoms with van der Waals surface area (Å²) in [4.78, 5) is 0. The molecule has 20 heavy (non-hydrogen) atoms. The van der Waals surface area contributed by atoms with Gasteiger partial charge in [0.2, 0.25) is 0 Å². The third kappa shape index (κ3) is 3.30. The van der Waals surface area contributed by atoms with Crippen LogP contribution in [0.5, 0.6) is 0 Å². The number of rotatable bonds is 4. The van der Waals surface area contributed by atoms with E-state index in [1.165, 1.54) is 41.5 Å². The quantitative estimate of drug-likeness (QED) is 0.637. The van der Waals surface area contributed by atoms with E-state index in [-0.39, 0.29) is 5.41 Å². The third-order valence-electron chi connectivity index (χ3n) is 3.85. The van der Waals surface area contributed by atoms with Gasteiger partial charge in [-0.25, -0.2) is 0 Å². The molecule has 0 unspecified atom stereocenters. The van der Waals surface area contributed by atoms with Crippen molar-refractivity contribution in [1.29, 1.82) is 0 Å². The molecule has 0 fully saturated rings. The monoisotopic (exact) mass is 266 g/mol. The van der Waals surface area contributed by atoms with Gasteiger partial charge in [-0.15, -0.1) is 0 Å². The zero-order valence-electron chi connectivity index (χ0n) is 13.2. The van der Waals surface area contributed by atoms with Crippen LogP contribution in [-0.4, -0.2) is 0 Å². The Hall–Kier alpha value is -1.56. The van der Waals surface area contributed by atoms with Gasteiger partial charge in [0.15, 0.2) is 0 Å². The predicted octanol–water partition coefficient (Wildman–Crippen LogP) is 5.99. The minimum atomic E-state index is 0.202. The lowest BCUT2D eigenvalue weighted by Crippen LogP contribution is -2.15. The molecule has 0 spiro atoms. The second kappa shape index (κ2) is 6.26. The van der Waals surface area contributed by atoms with Crippen molar-refractivity contribution in [2.75, 3.05) is 0 Å². The second-order valence-electron chi connectivity index (χ2n) is 6.55. The fourth-order valence-electron chi connectivity index (χ4n) is 2.80. The van der Waals surface area contributed by atoms with E-state index in [2.05, 4.69) is 76.2 Å². The van der Waals surface area contributed by atoms with E-state index in [1.54, 1.807) is 0 Å². The van der Waals surface area contributed by atoms with Gasteiger partial charge >= 0.3 is 0 Å². The first-order chi connectivity index (χ1) is 9.54. The maximum Gasteiger partial charge on any atom is -0.0129 e. The number of hydrogen-bond donors (Lipinski definition) is 0. The van der Waals surface area contributed by atoms with E-state index in [0.717, 1.165) is 0 Å². The second-order valence-corrected chi connectivity index (χ2v) is 6.55. The van der Waals surface area contributed by atoms with Crippen molar-refractivity contribution in [2.45, 2.75) is 52.4 Å². The van der Waals surface area contributed by atoms with Crippen LogP contribution in [0.4, 0.5) is 0 Å². The Kier molecular flexibility index (Phi) is 4.65. The summed E-state index contributed by atoms with van der Waals surface area (Å²) < 4.78 is 0. The minimum Gasteiger partial charge on any atom is -0.0654 e. The molecule has 0 aliphatic carbocycles. The van der Waals surface area contributed by atoms with E-state index in [9.17, 15) is 0 Å². The molecule has 0 aromatic heterocycles. The molecule has 0 saturated carbocycles. The van der Waals surface area contributed by atoms with Crippen molar-refractivity contribution >= 4 is 0 Å². The first-order valence-corrected chi connectivity index (χ1v) is 7.72. The summed E-state index contributed by atoms with van der Waals surface area (Å²) in [5.74, 6) is 0. The van der Waals surface area contributed by atoms with Crippen molar-refractivity contribution in [3.63, 3.8) is 0 Å². The summed E-state index contributed by atoms with van der Waals surface area (Å²) in [6.45, 7) is 9.20. The lowest BCUT2D eigenvalue weighted by molar-refractivity contribution is 0.580. The van der Waals surface area contributed by atoms with Gasteiger partial charge < -0.3 is 0 Å². The van der Waals surface area contributed by atoms with Crippen molar-refractivity contribution in [1.82, 2.24) is 0 Å². The van der Waals surface area contributed by atoms with Crippen LogP contribution in [0.1, 0.15) is 51.7 Å². The maximum absolute atomic E-state index is 2.31. The molecule has 0 N–H and O–H groups in total. The van der Waals surface area contributed by atoms with Crippen molar-refractivity contribution in [3.05, 3.63) is 59.7 Å². The van der Waals surface area contributed by atoms with Crippen LogP contribution in [0.15, 0.2) is 48.5 Å². The van der Waals surface area contributed by atoms with Gasteiger partial charge in [-0.1, -0.05) is 82.6 Å². The molecule has 2 rings (SSSR count). The Morgan fingerprint density at radius 1 is 0.850 bits per heavy atom. The van der Waals surface area contributed by atoms with E-state index in [4.69, 9.17) is 0 Å². The molecular weight excluding hydrogens is 240 g/mol.